The zero-order valence-electron chi connectivity index (χ0n) is 18.8. The second-order valence-corrected chi connectivity index (χ2v) is 12.5. The van der Waals surface area contributed by atoms with Crippen molar-refractivity contribution in [1.82, 2.24) is 0 Å². The van der Waals surface area contributed by atoms with Crippen molar-refractivity contribution < 1.29 is 0 Å². The quantitative estimate of drug-likeness (QED) is 0.425. The number of hydrogen-bond acceptors (Lipinski definition) is 0. The lowest BCUT2D eigenvalue weighted by molar-refractivity contribution is 0.119. The minimum Gasteiger partial charge on any atom is -0.0876 e. The highest BCUT2D eigenvalue weighted by Gasteiger charge is 2.78. The van der Waals surface area contributed by atoms with Gasteiger partial charge in [0.2, 0.25) is 0 Å². The van der Waals surface area contributed by atoms with Gasteiger partial charge in [-0.15, -0.1) is 0 Å². The molecule has 4 bridgehead atoms. The molecule has 1 aromatic carbocycles. The molecule has 0 radical (unpaired) electrons. The second kappa shape index (κ2) is 5.87. The number of rotatable bonds is 4. The Bertz CT molecular complexity index is 767. The second-order valence-electron chi connectivity index (χ2n) is 11.9. The van der Waals surface area contributed by atoms with E-state index < -0.39 is 0 Å². The Morgan fingerprint density at radius 3 is 2.19 bits per heavy atom. The van der Waals surface area contributed by atoms with E-state index in [0.717, 1.165) is 23.1 Å². The van der Waals surface area contributed by atoms with Gasteiger partial charge >= 0.3 is 0 Å². The molecular weight excluding hydrogens is 392 g/mol. The van der Waals surface area contributed by atoms with Crippen molar-refractivity contribution in [2.24, 2.45) is 28.6 Å². The topological polar surface area (TPSA) is 0 Å². The molecule has 0 nitrogen and oxygen atoms in total. The van der Waals surface area contributed by atoms with Gasteiger partial charge in [-0.1, -0.05) is 76.5 Å². The highest BCUT2D eigenvalue weighted by molar-refractivity contribution is 9.08. The van der Waals surface area contributed by atoms with Crippen LogP contribution in [0.4, 0.5) is 0 Å². The van der Waals surface area contributed by atoms with Crippen molar-refractivity contribution in [1.29, 1.82) is 0 Å². The van der Waals surface area contributed by atoms with Crippen molar-refractivity contribution in [3.63, 3.8) is 0 Å². The zero-order valence-corrected chi connectivity index (χ0v) is 20.4. The van der Waals surface area contributed by atoms with Crippen LogP contribution >= 0.6 is 15.9 Å². The molecule has 0 aliphatic heterocycles. The summed E-state index contributed by atoms with van der Waals surface area (Å²) in [7, 11) is 0. The summed E-state index contributed by atoms with van der Waals surface area (Å²) in [5.74, 6) is 2.54. The van der Waals surface area contributed by atoms with Crippen molar-refractivity contribution >= 4 is 15.9 Å². The van der Waals surface area contributed by atoms with Gasteiger partial charge in [-0.05, 0) is 88.9 Å². The normalized spacial score (nSPS) is 37.4. The smallest absolute Gasteiger partial charge is 0.0285 e. The van der Waals surface area contributed by atoms with E-state index in [2.05, 4.69) is 83.5 Å². The molecule has 4 fully saturated rings. The van der Waals surface area contributed by atoms with E-state index >= 15 is 0 Å². The maximum Gasteiger partial charge on any atom is 0.0285 e. The zero-order chi connectivity index (χ0) is 20.0. The Balaban J connectivity index is 1.96. The highest BCUT2D eigenvalue weighted by atomic mass is 79.9. The fourth-order valence-electron chi connectivity index (χ4n) is 7.92. The SMILES string of the molecule is Cc1c(CBr)cc(C(C)(C)C)cc1C12C[C@@H]3CC1(C(C)C)CC3(C(C)C)C2. The van der Waals surface area contributed by atoms with Crippen LogP contribution in [0.5, 0.6) is 0 Å². The van der Waals surface area contributed by atoms with E-state index in [1.54, 1.807) is 11.1 Å². The molecule has 1 aromatic rings. The standard InChI is InChI=1S/C26H39Br/c1-16(2)24-14-25(17(3)4)11-21(24)12-26(25,15-24)22-10-20(23(6,7)8)9-19(13-27)18(22)5/h9-10,16-17,21H,11-15H2,1-8H3/t21-,24?,25?,26?/m0/s1. The first-order chi connectivity index (χ1) is 12.4. The summed E-state index contributed by atoms with van der Waals surface area (Å²) in [4.78, 5) is 0. The van der Waals surface area contributed by atoms with Crippen LogP contribution in [0, 0.1) is 35.5 Å². The van der Waals surface area contributed by atoms with Gasteiger partial charge in [0.1, 0.15) is 0 Å². The summed E-state index contributed by atoms with van der Waals surface area (Å²) in [6.45, 7) is 19.6. The fourth-order valence-corrected chi connectivity index (χ4v) is 8.50. The predicted molar refractivity (Wildman–Crippen MR) is 121 cm³/mol. The maximum atomic E-state index is 3.80. The van der Waals surface area contributed by atoms with Crippen LogP contribution in [0.2, 0.25) is 0 Å². The van der Waals surface area contributed by atoms with Gasteiger partial charge in [-0.25, -0.2) is 0 Å². The summed E-state index contributed by atoms with van der Waals surface area (Å²) in [6.07, 6.45) is 5.84. The van der Waals surface area contributed by atoms with E-state index in [1.807, 2.05) is 0 Å². The summed E-state index contributed by atoms with van der Waals surface area (Å²) in [5, 5.41) is 0.971. The maximum absolute atomic E-state index is 3.80. The molecule has 0 heterocycles. The number of halogens is 1. The first-order valence-corrected chi connectivity index (χ1v) is 12.3. The molecule has 0 saturated heterocycles. The van der Waals surface area contributed by atoms with Gasteiger partial charge in [0, 0.05) is 10.7 Å². The van der Waals surface area contributed by atoms with Crippen LogP contribution in [-0.2, 0) is 16.2 Å². The molecule has 0 aromatic heterocycles. The largest absolute Gasteiger partial charge is 0.0876 e. The average Bonchev–Trinajstić information content (AvgIpc) is 3.24. The third kappa shape index (κ3) is 2.33. The van der Waals surface area contributed by atoms with Crippen LogP contribution in [0.1, 0.15) is 96.4 Å². The van der Waals surface area contributed by atoms with Crippen molar-refractivity contribution in [2.45, 2.75) is 97.2 Å². The van der Waals surface area contributed by atoms with Gasteiger partial charge in [0.25, 0.3) is 0 Å². The van der Waals surface area contributed by atoms with Crippen LogP contribution in [0.15, 0.2) is 12.1 Å². The van der Waals surface area contributed by atoms with Gasteiger partial charge in [-0.2, -0.15) is 0 Å². The lowest BCUT2D eigenvalue weighted by atomic mass is 9.58. The summed E-state index contributed by atoms with van der Waals surface area (Å²) < 4.78 is 0. The molecule has 0 amide bonds. The molecule has 3 unspecified atom stereocenters. The first-order valence-electron chi connectivity index (χ1n) is 11.1. The third-order valence-electron chi connectivity index (χ3n) is 9.54. The Labute approximate surface area is 176 Å². The van der Waals surface area contributed by atoms with E-state index in [4.69, 9.17) is 0 Å². The Kier molecular flexibility index (Phi) is 4.34. The molecule has 4 saturated carbocycles. The monoisotopic (exact) mass is 430 g/mol. The molecule has 4 aliphatic carbocycles. The number of hydrogen-bond donors (Lipinski definition) is 0. The first kappa shape index (κ1) is 20.0. The Morgan fingerprint density at radius 1 is 1.04 bits per heavy atom. The van der Waals surface area contributed by atoms with Crippen LogP contribution in [0.25, 0.3) is 0 Å². The van der Waals surface area contributed by atoms with Crippen LogP contribution < -0.4 is 0 Å². The molecule has 4 aliphatic rings. The van der Waals surface area contributed by atoms with Crippen molar-refractivity contribution in [3.05, 3.63) is 34.4 Å². The predicted octanol–water partition coefficient (Wildman–Crippen LogP) is 7.93. The highest BCUT2D eigenvalue weighted by Crippen LogP contribution is 2.85. The summed E-state index contributed by atoms with van der Waals surface area (Å²) in [5.41, 5.74) is 8.08. The summed E-state index contributed by atoms with van der Waals surface area (Å²) >= 11 is 3.80. The van der Waals surface area contributed by atoms with Gasteiger partial charge in [0.15, 0.2) is 0 Å². The Hall–Kier alpha value is -0.300. The van der Waals surface area contributed by atoms with E-state index in [0.29, 0.717) is 16.2 Å². The van der Waals surface area contributed by atoms with Crippen LogP contribution in [-0.4, -0.2) is 0 Å². The molecule has 5 rings (SSSR count). The lowest BCUT2D eigenvalue weighted by Crippen LogP contribution is -2.41. The fraction of sp³-hybridized carbons (Fsp3) is 0.769. The minimum atomic E-state index is 0.205. The number of alkyl halides is 1. The van der Waals surface area contributed by atoms with Crippen molar-refractivity contribution in [3.8, 4) is 0 Å². The van der Waals surface area contributed by atoms with Crippen LogP contribution in [0.3, 0.4) is 0 Å². The van der Waals surface area contributed by atoms with Gasteiger partial charge in [0.05, 0.1) is 0 Å². The van der Waals surface area contributed by atoms with Gasteiger partial charge in [-0.3, -0.25) is 0 Å². The van der Waals surface area contributed by atoms with E-state index in [-0.39, 0.29) is 5.41 Å². The Morgan fingerprint density at radius 2 is 1.70 bits per heavy atom. The molecule has 1 heteroatoms. The average molecular weight is 432 g/mol. The van der Waals surface area contributed by atoms with Gasteiger partial charge < -0.3 is 0 Å². The molecule has 4 atom stereocenters. The third-order valence-corrected chi connectivity index (χ3v) is 10.1. The van der Waals surface area contributed by atoms with Crippen molar-refractivity contribution in [2.75, 3.05) is 0 Å². The van der Waals surface area contributed by atoms with E-state index in [1.165, 1.54) is 36.8 Å². The molecule has 27 heavy (non-hydrogen) atoms. The minimum absolute atomic E-state index is 0.205. The summed E-state index contributed by atoms with van der Waals surface area (Å²) in [6, 6.07) is 5.11. The molecular formula is C26H39Br. The molecule has 150 valence electrons. The lowest BCUT2D eigenvalue weighted by Gasteiger charge is -2.46. The van der Waals surface area contributed by atoms with E-state index in [9.17, 15) is 0 Å². The molecule has 0 spiro atoms. The molecule has 0 N–H and O–H groups in total. The number of benzene rings is 1.